The Morgan fingerprint density at radius 3 is 2.59 bits per heavy atom. The number of rotatable bonds is 2. The third-order valence-electron chi connectivity index (χ3n) is 3.26. The molecule has 92 valence electrons. The molecule has 1 fully saturated rings. The maximum absolute atomic E-state index is 11.3. The van der Waals surface area contributed by atoms with Crippen LogP contribution in [-0.2, 0) is 9.53 Å². The van der Waals surface area contributed by atoms with Crippen LogP contribution >= 0.6 is 0 Å². The van der Waals surface area contributed by atoms with Crippen LogP contribution in [-0.4, -0.2) is 30.8 Å². The first-order valence-corrected chi connectivity index (χ1v) is 5.81. The highest BCUT2D eigenvalue weighted by Gasteiger charge is 2.26. The summed E-state index contributed by atoms with van der Waals surface area (Å²) in [5.41, 5.74) is 1.19. The van der Waals surface area contributed by atoms with Gasteiger partial charge in [0.1, 0.15) is 11.8 Å². The average Bonchev–Trinajstić information content (AvgIpc) is 2.39. The Kier molecular flexibility index (Phi) is 3.64. The Labute approximate surface area is 101 Å². The minimum absolute atomic E-state index is 0.173. The number of carbonyl (C=O) groups excluding carboxylic acids is 1. The summed E-state index contributed by atoms with van der Waals surface area (Å²) in [6, 6.07) is 7.08. The van der Waals surface area contributed by atoms with E-state index in [9.17, 15) is 9.90 Å². The third kappa shape index (κ3) is 2.77. The molecule has 0 saturated carbocycles. The summed E-state index contributed by atoms with van der Waals surface area (Å²) in [7, 11) is 1.41. The zero-order valence-electron chi connectivity index (χ0n) is 9.85. The van der Waals surface area contributed by atoms with E-state index in [-0.39, 0.29) is 17.8 Å². The molecule has 1 aliphatic heterocycles. The van der Waals surface area contributed by atoms with E-state index in [4.69, 9.17) is 4.74 Å². The minimum atomic E-state index is -0.186. The van der Waals surface area contributed by atoms with E-state index < -0.39 is 0 Å². The number of esters is 1. The zero-order chi connectivity index (χ0) is 12.3. The predicted molar refractivity (Wildman–Crippen MR) is 63.9 cm³/mol. The van der Waals surface area contributed by atoms with Crippen LogP contribution in [0.2, 0.25) is 0 Å². The van der Waals surface area contributed by atoms with Crippen LogP contribution in [0.4, 0.5) is 0 Å². The average molecular weight is 235 g/mol. The molecule has 1 aromatic rings. The monoisotopic (exact) mass is 235 g/mol. The molecule has 17 heavy (non-hydrogen) atoms. The highest BCUT2D eigenvalue weighted by atomic mass is 16.5. The van der Waals surface area contributed by atoms with Crippen LogP contribution in [0.1, 0.15) is 24.3 Å². The van der Waals surface area contributed by atoms with E-state index in [1.165, 1.54) is 12.7 Å². The topological polar surface area (TPSA) is 58.6 Å². The number of hydrogen-bond donors (Lipinski definition) is 2. The molecule has 1 aromatic carbocycles. The Hall–Kier alpha value is -1.55. The number of phenolic OH excluding ortho intramolecular Hbond substituents is 1. The Morgan fingerprint density at radius 2 is 2.06 bits per heavy atom. The second-order valence-corrected chi connectivity index (χ2v) is 4.35. The van der Waals surface area contributed by atoms with Crippen LogP contribution in [0, 0.1) is 0 Å². The minimum Gasteiger partial charge on any atom is -0.508 e. The van der Waals surface area contributed by atoms with E-state index in [0.29, 0.717) is 5.92 Å². The molecule has 1 saturated heterocycles. The van der Waals surface area contributed by atoms with Gasteiger partial charge in [-0.3, -0.25) is 4.79 Å². The van der Waals surface area contributed by atoms with E-state index in [1.807, 2.05) is 12.1 Å². The largest absolute Gasteiger partial charge is 0.508 e. The van der Waals surface area contributed by atoms with E-state index >= 15 is 0 Å². The van der Waals surface area contributed by atoms with Crippen molar-refractivity contribution in [1.29, 1.82) is 0 Å². The molecule has 1 aliphatic rings. The molecule has 2 rings (SSSR count). The summed E-state index contributed by atoms with van der Waals surface area (Å²) in [5.74, 6) is 0.496. The van der Waals surface area contributed by atoms with Crippen molar-refractivity contribution < 1.29 is 14.6 Å². The van der Waals surface area contributed by atoms with Crippen LogP contribution in [0.5, 0.6) is 5.75 Å². The van der Waals surface area contributed by atoms with Crippen molar-refractivity contribution in [1.82, 2.24) is 5.32 Å². The molecule has 4 heteroatoms. The Morgan fingerprint density at radius 1 is 1.35 bits per heavy atom. The highest BCUT2D eigenvalue weighted by molar-refractivity contribution is 5.75. The highest BCUT2D eigenvalue weighted by Crippen LogP contribution is 2.26. The SMILES string of the molecule is COC(=O)[C@H]1CC[C@H](c2ccc(O)cc2)CN1. The molecule has 0 aromatic heterocycles. The fourth-order valence-corrected chi connectivity index (χ4v) is 2.23. The fraction of sp³-hybridized carbons (Fsp3) is 0.462. The molecule has 2 N–H and O–H groups in total. The van der Waals surface area contributed by atoms with E-state index in [1.54, 1.807) is 12.1 Å². The number of nitrogens with one attached hydrogen (secondary N) is 1. The van der Waals surface area contributed by atoms with Gasteiger partial charge in [-0.1, -0.05) is 12.1 Å². The molecule has 0 spiro atoms. The second kappa shape index (κ2) is 5.19. The Bertz CT molecular complexity index is 380. The third-order valence-corrected chi connectivity index (χ3v) is 3.26. The lowest BCUT2D eigenvalue weighted by molar-refractivity contribution is -0.143. The van der Waals surface area contributed by atoms with Crippen molar-refractivity contribution in [3.05, 3.63) is 29.8 Å². The summed E-state index contributed by atoms with van der Waals surface area (Å²) < 4.78 is 4.71. The summed E-state index contributed by atoms with van der Waals surface area (Å²) in [5, 5.41) is 12.4. The zero-order valence-corrected chi connectivity index (χ0v) is 9.85. The lowest BCUT2D eigenvalue weighted by atomic mass is 9.89. The van der Waals surface area contributed by atoms with Gasteiger partial charge in [0.15, 0.2) is 0 Å². The van der Waals surface area contributed by atoms with Crippen LogP contribution in [0.3, 0.4) is 0 Å². The number of aromatic hydroxyl groups is 1. The summed E-state index contributed by atoms with van der Waals surface area (Å²) >= 11 is 0. The number of ether oxygens (including phenoxy) is 1. The maximum Gasteiger partial charge on any atom is 0.322 e. The number of carbonyl (C=O) groups is 1. The van der Waals surface area contributed by atoms with Gasteiger partial charge in [0, 0.05) is 6.54 Å². The van der Waals surface area contributed by atoms with Crippen molar-refractivity contribution in [3.63, 3.8) is 0 Å². The van der Waals surface area contributed by atoms with E-state index in [0.717, 1.165) is 19.4 Å². The lowest BCUT2D eigenvalue weighted by Gasteiger charge is -2.28. The number of hydrogen-bond acceptors (Lipinski definition) is 4. The molecule has 0 radical (unpaired) electrons. The lowest BCUT2D eigenvalue weighted by Crippen LogP contribution is -2.43. The van der Waals surface area contributed by atoms with Crippen molar-refractivity contribution >= 4 is 5.97 Å². The Balaban J connectivity index is 1.95. The molecule has 0 unspecified atom stereocenters. The van der Waals surface area contributed by atoms with Gasteiger partial charge < -0.3 is 15.2 Å². The van der Waals surface area contributed by atoms with Gasteiger partial charge in [-0.2, -0.15) is 0 Å². The van der Waals surface area contributed by atoms with Crippen molar-refractivity contribution in [2.24, 2.45) is 0 Å². The van der Waals surface area contributed by atoms with E-state index in [2.05, 4.69) is 5.32 Å². The maximum atomic E-state index is 11.3. The smallest absolute Gasteiger partial charge is 0.322 e. The van der Waals surface area contributed by atoms with Crippen molar-refractivity contribution in [3.8, 4) is 5.75 Å². The van der Waals surface area contributed by atoms with Gasteiger partial charge in [-0.25, -0.2) is 0 Å². The molecular weight excluding hydrogens is 218 g/mol. The van der Waals surface area contributed by atoms with Crippen LogP contribution in [0.25, 0.3) is 0 Å². The molecule has 0 amide bonds. The van der Waals surface area contributed by atoms with Crippen LogP contribution in [0.15, 0.2) is 24.3 Å². The standard InChI is InChI=1S/C13H17NO3/c1-17-13(16)12-7-4-10(8-14-12)9-2-5-11(15)6-3-9/h2-3,5-6,10,12,14-15H,4,7-8H2,1H3/t10-,12+/m0/s1. The second-order valence-electron chi connectivity index (χ2n) is 4.35. The molecule has 0 aliphatic carbocycles. The van der Waals surface area contributed by atoms with Gasteiger partial charge in [0.25, 0.3) is 0 Å². The number of benzene rings is 1. The summed E-state index contributed by atoms with van der Waals surface area (Å²) in [6.45, 7) is 0.768. The molecule has 1 heterocycles. The quantitative estimate of drug-likeness (QED) is 0.761. The summed E-state index contributed by atoms with van der Waals surface area (Å²) in [6.07, 6.45) is 1.75. The van der Waals surface area contributed by atoms with Crippen molar-refractivity contribution in [2.45, 2.75) is 24.8 Å². The molecule has 0 bridgehead atoms. The van der Waals surface area contributed by atoms with Crippen molar-refractivity contribution in [2.75, 3.05) is 13.7 Å². The van der Waals surface area contributed by atoms with Gasteiger partial charge in [0.2, 0.25) is 0 Å². The first-order chi connectivity index (χ1) is 8.20. The predicted octanol–water partition coefficient (Wildman–Crippen LogP) is 1.40. The fourth-order valence-electron chi connectivity index (χ4n) is 2.23. The van der Waals surface area contributed by atoms with Gasteiger partial charge in [0.05, 0.1) is 7.11 Å². The normalized spacial score (nSPS) is 24.3. The number of phenols is 1. The van der Waals surface area contributed by atoms with Gasteiger partial charge in [-0.05, 0) is 36.5 Å². The number of piperidine rings is 1. The van der Waals surface area contributed by atoms with Gasteiger partial charge in [-0.15, -0.1) is 0 Å². The van der Waals surface area contributed by atoms with Gasteiger partial charge >= 0.3 is 5.97 Å². The summed E-state index contributed by atoms with van der Waals surface area (Å²) in [4.78, 5) is 11.3. The number of methoxy groups -OCH3 is 1. The van der Waals surface area contributed by atoms with Crippen LogP contribution < -0.4 is 5.32 Å². The molecule has 2 atom stereocenters. The molecular formula is C13H17NO3. The first kappa shape index (κ1) is 11.9. The molecule has 4 nitrogen and oxygen atoms in total. The first-order valence-electron chi connectivity index (χ1n) is 5.81.